The van der Waals surface area contributed by atoms with E-state index in [9.17, 15) is 0 Å². The van der Waals surface area contributed by atoms with Crippen molar-refractivity contribution in [3.63, 3.8) is 0 Å². The molecular formula is C13H18N2O3. The number of nitrogens with one attached hydrogen (secondary N) is 1. The zero-order valence-electron chi connectivity index (χ0n) is 10.4. The minimum absolute atomic E-state index is 0.0263. The van der Waals surface area contributed by atoms with Gasteiger partial charge in [-0.3, -0.25) is 0 Å². The first kappa shape index (κ1) is 14.5. The summed E-state index contributed by atoms with van der Waals surface area (Å²) in [6, 6.07) is 9.33. The molecule has 0 saturated heterocycles. The van der Waals surface area contributed by atoms with Crippen LogP contribution in [0.4, 0.5) is 0 Å². The lowest BCUT2D eigenvalue weighted by Crippen LogP contribution is -2.35. The molecule has 1 aromatic carbocycles. The smallest absolute Gasteiger partial charge is 0.174 e. The standard InChI is InChI=1S/C13H18N2O3/c1-17-10-12(9-16)15-8-11-3-2-4-13(7-11)18-6-5-14/h2-4,7,12,15-16H,6,8-10H2,1H3. The maximum absolute atomic E-state index is 9.10. The van der Waals surface area contributed by atoms with Gasteiger partial charge in [0.2, 0.25) is 0 Å². The van der Waals surface area contributed by atoms with Crippen molar-refractivity contribution in [3.05, 3.63) is 29.8 Å². The van der Waals surface area contributed by atoms with Crippen LogP contribution in [0, 0.1) is 11.3 Å². The van der Waals surface area contributed by atoms with E-state index >= 15 is 0 Å². The highest BCUT2D eigenvalue weighted by Crippen LogP contribution is 2.13. The second kappa shape index (κ2) is 8.48. The molecule has 0 saturated carbocycles. The Morgan fingerprint density at radius 2 is 2.33 bits per heavy atom. The van der Waals surface area contributed by atoms with Crippen molar-refractivity contribution < 1.29 is 14.6 Å². The van der Waals surface area contributed by atoms with Crippen LogP contribution in [0.5, 0.6) is 5.75 Å². The predicted molar refractivity (Wildman–Crippen MR) is 67.1 cm³/mol. The molecule has 0 radical (unpaired) electrons. The molecule has 1 aromatic rings. The number of rotatable bonds is 8. The first-order valence-electron chi connectivity index (χ1n) is 5.72. The molecule has 1 rings (SSSR count). The first-order chi connectivity index (χ1) is 8.80. The highest BCUT2D eigenvalue weighted by molar-refractivity contribution is 5.28. The number of hydrogen-bond acceptors (Lipinski definition) is 5. The Bertz CT molecular complexity index is 390. The molecule has 0 aliphatic rings. The van der Waals surface area contributed by atoms with E-state index in [4.69, 9.17) is 19.8 Å². The largest absolute Gasteiger partial charge is 0.479 e. The zero-order valence-corrected chi connectivity index (χ0v) is 10.4. The molecule has 98 valence electrons. The third-order valence-corrected chi connectivity index (χ3v) is 2.38. The molecule has 1 atom stereocenters. The Kier molecular flexibility index (Phi) is 6.81. The highest BCUT2D eigenvalue weighted by Gasteiger charge is 2.06. The predicted octanol–water partition coefficient (Wildman–Crippen LogP) is 0.686. The van der Waals surface area contributed by atoms with Gasteiger partial charge in [-0.1, -0.05) is 12.1 Å². The molecule has 0 bridgehead atoms. The normalized spacial score (nSPS) is 11.8. The van der Waals surface area contributed by atoms with E-state index in [2.05, 4.69) is 5.32 Å². The number of aliphatic hydroxyl groups excluding tert-OH is 1. The maximum atomic E-state index is 9.10. The minimum atomic E-state index is -0.0846. The van der Waals surface area contributed by atoms with Gasteiger partial charge in [0, 0.05) is 13.7 Å². The Balaban J connectivity index is 2.48. The van der Waals surface area contributed by atoms with E-state index in [1.165, 1.54) is 0 Å². The number of nitriles is 1. The molecule has 0 spiro atoms. The van der Waals surface area contributed by atoms with Crippen LogP contribution < -0.4 is 10.1 Å². The van der Waals surface area contributed by atoms with E-state index < -0.39 is 0 Å². The molecule has 18 heavy (non-hydrogen) atoms. The van der Waals surface area contributed by atoms with E-state index in [1.54, 1.807) is 13.2 Å². The number of methoxy groups -OCH3 is 1. The monoisotopic (exact) mass is 250 g/mol. The molecule has 0 aromatic heterocycles. The Morgan fingerprint density at radius 1 is 1.50 bits per heavy atom. The van der Waals surface area contributed by atoms with Crippen LogP contribution >= 0.6 is 0 Å². The average Bonchev–Trinajstić information content (AvgIpc) is 2.41. The minimum Gasteiger partial charge on any atom is -0.479 e. The number of hydrogen-bond donors (Lipinski definition) is 2. The second-order valence-corrected chi connectivity index (χ2v) is 3.81. The lowest BCUT2D eigenvalue weighted by atomic mass is 10.2. The summed E-state index contributed by atoms with van der Waals surface area (Å²) in [6.45, 7) is 1.14. The lowest BCUT2D eigenvalue weighted by molar-refractivity contribution is 0.128. The summed E-state index contributed by atoms with van der Waals surface area (Å²) in [7, 11) is 1.60. The number of nitrogens with zero attached hydrogens (tertiary/aromatic N) is 1. The van der Waals surface area contributed by atoms with Gasteiger partial charge in [-0.2, -0.15) is 5.26 Å². The summed E-state index contributed by atoms with van der Waals surface area (Å²) in [4.78, 5) is 0. The van der Waals surface area contributed by atoms with E-state index in [0.717, 1.165) is 5.56 Å². The quantitative estimate of drug-likeness (QED) is 0.710. The fraction of sp³-hybridized carbons (Fsp3) is 0.462. The van der Waals surface area contributed by atoms with Crippen molar-refractivity contribution >= 4 is 0 Å². The van der Waals surface area contributed by atoms with Gasteiger partial charge in [-0.25, -0.2) is 0 Å². The van der Waals surface area contributed by atoms with Crippen molar-refractivity contribution in [1.29, 1.82) is 5.26 Å². The molecule has 0 fully saturated rings. The fourth-order valence-corrected chi connectivity index (χ4v) is 1.50. The summed E-state index contributed by atoms with van der Waals surface area (Å²) in [5.41, 5.74) is 1.03. The SMILES string of the molecule is COCC(CO)NCc1cccc(OCC#N)c1. The Labute approximate surface area is 107 Å². The molecule has 5 nitrogen and oxygen atoms in total. The molecule has 5 heteroatoms. The fourth-order valence-electron chi connectivity index (χ4n) is 1.50. The van der Waals surface area contributed by atoms with E-state index in [1.807, 2.05) is 24.3 Å². The van der Waals surface area contributed by atoms with Crippen molar-refractivity contribution in [2.24, 2.45) is 0 Å². The summed E-state index contributed by atoms with van der Waals surface area (Å²) in [5.74, 6) is 0.670. The number of ether oxygens (including phenoxy) is 2. The van der Waals surface area contributed by atoms with Gasteiger partial charge in [-0.05, 0) is 17.7 Å². The van der Waals surface area contributed by atoms with Gasteiger partial charge in [0.15, 0.2) is 6.61 Å². The van der Waals surface area contributed by atoms with Crippen LogP contribution in [0.25, 0.3) is 0 Å². The lowest BCUT2D eigenvalue weighted by Gasteiger charge is -2.15. The molecule has 0 amide bonds. The van der Waals surface area contributed by atoms with Crippen molar-refractivity contribution in [3.8, 4) is 11.8 Å². The second-order valence-electron chi connectivity index (χ2n) is 3.81. The van der Waals surface area contributed by atoms with Gasteiger partial charge >= 0.3 is 0 Å². The third kappa shape index (κ3) is 5.15. The van der Waals surface area contributed by atoms with Gasteiger partial charge in [0.05, 0.1) is 19.3 Å². The van der Waals surface area contributed by atoms with Crippen LogP contribution in [-0.2, 0) is 11.3 Å². The number of benzene rings is 1. The van der Waals surface area contributed by atoms with Crippen molar-refractivity contribution in [2.75, 3.05) is 26.9 Å². The summed E-state index contributed by atoms with van der Waals surface area (Å²) >= 11 is 0. The molecule has 0 aliphatic heterocycles. The van der Waals surface area contributed by atoms with Crippen LogP contribution in [0.3, 0.4) is 0 Å². The Hall–Kier alpha value is -1.61. The van der Waals surface area contributed by atoms with Crippen LogP contribution in [0.15, 0.2) is 24.3 Å². The van der Waals surface area contributed by atoms with Gasteiger partial charge < -0.3 is 19.9 Å². The topological polar surface area (TPSA) is 74.5 Å². The van der Waals surface area contributed by atoms with Crippen molar-refractivity contribution in [2.45, 2.75) is 12.6 Å². The molecular weight excluding hydrogens is 232 g/mol. The highest BCUT2D eigenvalue weighted by atomic mass is 16.5. The zero-order chi connectivity index (χ0) is 13.2. The summed E-state index contributed by atoms with van der Waals surface area (Å²) < 4.78 is 10.2. The van der Waals surface area contributed by atoms with Gasteiger partial charge in [-0.15, -0.1) is 0 Å². The Morgan fingerprint density at radius 3 is 3.00 bits per heavy atom. The molecule has 2 N–H and O–H groups in total. The van der Waals surface area contributed by atoms with Gasteiger partial charge in [0.25, 0.3) is 0 Å². The average molecular weight is 250 g/mol. The third-order valence-electron chi connectivity index (χ3n) is 2.38. The van der Waals surface area contributed by atoms with E-state index in [0.29, 0.717) is 18.9 Å². The van der Waals surface area contributed by atoms with Crippen LogP contribution in [0.1, 0.15) is 5.56 Å². The first-order valence-corrected chi connectivity index (χ1v) is 5.72. The maximum Gasteiger partial charge on any atom is 0.174 e. The summed E-state index contributed by atoms with van der Waals surface area (Å²) in [6.07, 6.45) is 0. The van der Waals surface area contributed by atoms with Crippen LogP contribution in [0.2, 0.25) is 0 Å². The summed E-state index contributed by atoms with van der Waals surface area (Å²) in [5, 5.41) is 20.7. The van der Waals surface area contributed by atoms with Gasteiger partial charge in [0.1, 0.15) is 11.8 Å². The molecule has 1 unspecified atom stereocenters. The van der Waals surface area contributed by atoms with Crippen molar-refractivity contribution in [1.82, 2.24) is 5.32 Å². The molecule has 0 aliphatic carbocycles. The van der Waals surface area contributed by atoms with E-state index in [-0.39, 0.29) is 19.3 Å². The van der Waals surface area contributed by atoms with Crippen LogP contribution in [-0.4, -0.2) is 38.1 Å². The molecule has 0 heterocycles. The number of aliphatic hydroxyl groups is 1.